The summed E-state index contributed by atoms with van der Waals surface area (Å²) in [5.41, 5.74) is 1.19. The summed E-state index contributed by atoms with van der Waals surface area (Å²) in [5, 5.41) is 20.3. The predicted octanol–water partition coefficient (Wildman–Crippen LogP) is 0.844. The van der Waals surface area contributed by atoms with E-state index in [9.17, 15) is 9.90 Å². The molecule has 128 valence electrons. The quantitative estimate of drug-likeness (QED) is 0.768. The molecule has 0 radical (unpaired) electrons. The first-order chi connectivity index (χ1) is 11.7. The Balaban J connectivity index is 1.42. The Kier molecular flexibility index (Phi) is 5.55. The number of aliphatic hydroxyl groups is 1. The Hall–Kier alpha value is -2.25. The van der Waals surface area contributed by atoms with E-state index in [0.717, 1.165) is 44.6 Å². The highest BCUT2D eigenvalue weighted by molar-refractivity contribution is 5.91. The summed E-state index contributed by atoms with van der Waals surface area (Å²) in [5.74, 6) is -0.203. The van der Waals surface area contributed by atoms with Crippen LogP contribution in [0, 0.1) is 0 Å². The Morgan fingerprint density at radius 3 is 2.75 bits per heavy atom. The van der Waals surface area contributed by atoms with Crippen molar-refractivity contribution in [3.05, 3.63) is 42.2 Å². The van der Waals surface area contributed by atoms with Crippen molar-refractivity contribution in [2.45, 2.75) is 25.4 Å². The lowest BCUT2D eigenvalue weighted by atomic mass is 10.1. The van der Waals surface area contributed by atoms with Gasteiger partial charge in [-0.2, -0.15) is 0 Å². The molecule has 24 heavy (non-hydrogen) atoms. The van der Waals surface area contributed by atoms with E-state index in [-0.39, 0.29) is 12.0 Å². The van der Waals surface area contributed by atoms with E-state index < -0.39 is 0 Å². The molecule has 1 saturated heterocycles. The zero-order valence-corrected chi connectivity index (χ0v) is 13.6. The van der Waals surface area contributed by atoms with Crippen LogP contribution < -0.4 is 5.32 Å². The number of rotatable bonds is 6. The molecule has 1 fully saturated rings. The summed E-state index contributed by atoms with van der Waals surface area (Å²) in [6, 6.07) is 9.57. The zero-order chi connectivity index (χ0) is 16.8. The number of aliphatic hydroxyl groups excluding tert-OH is 1. The molecule has 7 heteroatoms. The second kappa shape index (κ2) is 8.03. The Morgan fingerprint density at radius 1 is 1.25 bits per heavy atom. The monoisotopic (exact) mass is 329 g/mol. The van der Waals surface area contributed by atoms with Crippen molar-refractivity contribution in [2.75, 3.05) is 26.2 Å². The topological polar surface area (TPSA) is 83.3 Å². The second-order valence-electron chi connectivity index (χ2n) is 6.07. The molecule has 2 N–H and O–H groups in total. The number of carbonyl (C=O) groups is 1. The van der Waals surface area contributed by atoms with E-state index in [1.54, 1.807) is 10.9 Å². The van der Waals surface area contributed by atoms with Gasteiger partial charge in [-0.25, -0.2) is 4.68 Å². The molecule has 2 heterocycles. The maximum atomic E-state index is 12.1. The number of para-hydroxylation sites is 1. The van der Waals surface area contributed by atoms with Crippen LogP contribution in [-0.4, -0.2) is 63.2 Å². The maximum absolute atomic E-state index is 12.1. The molecule has 1 aromatic carbocycles. The lowest BCUT2D eigenvalue weighted by Gasteiger charge is -2.29. The van der Waals surface area contributed by atoms with Crippen LogP contribution in [0.3, 0.4) is 0 Å². The van der Waals surface area contributed by atoms with Gasteiger partial charge in [0.2, 0.25) is 0 Å². The first-order valence-electron chi connectivity index (χ1n) is 8.39. The normalized spacial score (nSPS) is 16.2. The van der Waals surface area contributed by atoms with Crippen LogP contribution >= 0.6 is 0 Å². The highest BCUT2D eigenvalue weighted by Gasteiger charge is 2.16. The average Bonchev–Trinajstić information content (AvgIpc) is 3.11. The van der Waals surface area contributed by atoms with Crippen molar-refractivity contribution in [3.63, 3.8) is 0 Å². The number of aromatic nitrogens is 3. The van der Waals surface area contributed by atoms with Gasteiger partial charge in [0.15, 0.2) is 5.69 Å². The number of amides is 1. The number of benzene rings is 1. The number of nitrogens with one attached hydrogen (secondary N) is 1. The summed E-state index contributed by atoms with van der Waals surface area (Å²) in [7, 11) is 0. The number of likely N-dealkylation sites (tertiary alicyclic amines) is 1. The lowest BCUT2D eigenvalue weighted by molar-refractivity contribution is 0.0816. The Morgan fingerprint density at radius 2 is 2.00 bits per heavy atom. The van der Waals surface area contributed by atoms with Crippen LogP contribution in [0.15, 0.2) is 36.5 Å². The van der Waals surface area contributed by atoms with E-state index in [0.29, 0.717) is 12.2 Å². The number of carbonyl (C=O) groups excluding carboxylic acids is 1. The standard InChI is InChI=1S/C17H23N5O2/c23-15-7-11-21(12-8-15)10-4-9-18-17(24)16-13-22(20-19-16)14-5-2-1-3-6-14/h1-3,5-6,13,15,23H,4,7-12H2,(H,18,24). The molecule has 0 unspecified atom stereocenters. The van der Waals surface area contributed by atoms with Gasteiger partial charge in [-0.1, -0.05) is 23.4 Å². The fraction of sp³-hybridized carbons (Fsp3) is 0.471. The number of hydrogen-bond acceptors (Lipinski definition) is 5. The van der Waals surface area contributed by atoms with E-state index in [2.05, 4.69) is 20.5 Å². The van der Waals surface area contributed by atoms with Gasteiger partial charge in [-0.05, 0) is 37.9 Å². The molecule has 0 aliphatic carbocycles. The third-order valence-electron chi connectivity index (χ3n) is 4.24. The largest absolute Gasteiger partial charge is 0.393 e. The van der Waals surface area contributed by atoms with Gasteiger partial charge < -0.3 is 15.3 Å². The first kappa shape index (κ1) is 16.6. The smallest absolute Gasteiger partial charge is 0.273 e. The summed E-state index contributed by atoms with van der Waals surface area (Å²) < 4.78 is 1.59. The highest BCUT2D eigenvalue weighted by Crippen LogP contribution is 2.09. The number of nitrogens with zero attached hydrogens (tertiary/aromatic N) is 4. The molecule has 1 aliphatic rings. The molecule has 1 aliphatic heterocycles. The molecule has 7 nitrogen and oxygen atoms in total. The molecule has 0 saturated carbocycles. The highest BCUT2D eigenvalue weighted by atomic mass is 16.3. The molecule has 1 amide bonds. The summed E-state index contributed by atoms with van der Waals surface area (Å²) >= 11 is 0. The van der Waals surface area contributed by atoms with Crippen LogP contribution in [0.2, 0.25) is 0 Å². The van der Waals surface area contributed by atoms with Gasteiger partial charge in [0, 0.05) is 19.6 Å². The van der Waals surface area contributed by atoms with Gasteiger partial charge in [-0.3, -0.25) is 4.79 Å². The molecule has 1 aromatic heterocycles. The van der Waals surface area contributed by atoms with Crippen LogP contribution in [0.5, 0.6) is 0 Å². The Bertz CT molecular complexity index is 650. The number of piperidine rings is 1. The van der Waals surface area contributed by atoms with Crippen molar-refractivity contribution < 1.29 is 9.90 Å². The van der Waals surface area contributed by atoms with E-state index >= 15 is 0 Å². The molecule has 3 rings (SSSR count). The molecule has 0 spiro atoms. The van der Waals surface area contributed by atoms with Crippen LogP contribution in [0.25, 0.3) is 5.69 Å². The van der Waals surface area contributed by atoms with Crippen LogP contribution in [0.4, 0.5) is 0 Å². The predicted molar refractivity (Wildman–Crippen MR) is 90.0 cm³/mol. The molecule has 0 bridgehead atoms. The Labute approximate surface area is 141 Å². The van der Waals surface area contributed by atoms with Crippen molar-refractivity contribution in [2.24, 2.45) is 0 Å². The third-order valence-corrected chi connectivity index (χ3v) is 4.24. The second-order valence-corrected chi connectivity index (χ2v) is 6.07. The van der Waals surface area contributed by atoms with Gasteiger partial charge in [-0.15, -0.1) is 5.10 Å². The van der Waals surface area contributed by atoms with Crippen molar-refractivity contribution in [1.82, 2.24) is 25.2 Å². The van der Waals surface area contributed by atoms with Crippen LogP contribution in [0.1, 0.15) is 29.8 Å². The summed E-state index contributed by atoms with van der Waals surface area (Å²) in [6.45, 7) is 3.40. The van der Waals surface area contributed by atoms with Crippen LogP contribution in [-0.2, 0) is 0 Å². The average molecular weight is 329 g/mol. The number of hydrogen-bond donors (Lipinski definition) is 2. The lowest BCUT2D eigenvalue weighted by Crippen LogP contribution is -2.37. The summed E-state index contributed by atoms with van der Waals surface area (Å²) in [4.78, 5) is 14.4. The van der Waals surface area contributed by atoms with Crippen molar-refractivity contribution in [3.8, 4) is 5.69 Å². The minimum Gasteiger partial charge on any atom is -0.393 e. The first-order valence-corrected chi connectivity index (χ1v) is 8.39. The third kappa shape index (κ3) is 4.39. The van der Waals surface area contributed by atoms with Gasteiger partial charge in [0.05, 0.1) is 18.0 Å². The van der Waals surface area contributed by atoms with Gasteiger partial charge in [0.1, 0.15) is 0 Å². The van der Waals surface area contributed by atoms with E-state index in [1.807, 2.05) is 30.3 Å². The molecule has 0 atom stereocenters. The molecule has 2 aromatic rings. The SMILES string of the molecule is O=C(NCCCN1CCC(O)CC1)c1cn(-c2ccccc2)nn1. The minimum absolute atomic E-state index is 0.145. The molecular formula is C17H23N5O2. The van der Waals surface area contributed by atoms with Crippen molar-refractivity contribution in [1.29, 1.82) is 0 Å². The molecular weight excluding hydrogens is 306 g/mol. The minimum atomic E-state index is -0.203. The van der Waals surface area contributed by atoms with Gasteiger partial charge in [0.25, 0.3) is 5.91 Å². The van der Waals surface area contributed by atoms with Gasteiger partial charge >= 0.3 is 0 Å². The fourth-order valence-corrected chi connectivity index (χ4v) is 2.81. The van der Waals surface area contributed by atoms with E-state index in [4.69, 9.17) is 0 Å². The summed E-state index contributed by atoms with van der Waals surface area (Å²) in [6.07, 6.45) is 4.06. The maximum Gasteiger partial charge on any atom is 0.273 e. The fourth-order valence-electron chi connectivity index (χ4n) is 2.81. The zero-order valence-electron chi connectivity index (χ0n) is 13.6. The van der Waals surface area contributed by atoms with E-state index in [1.165, 1.54) is 0 Å². The van der Waals surface area contributed by atoms with Crippen molar-refractivity contribution >= 4 is 5.91 Å².